The molecule has 20 heavy (non-hydrogen) atoms. The Balaban J connectivity index is 1.89. The van der Waals surface area contributed by atoms with Crippen LogP contribution >= 0.6 is 0 Å². The molecular formula is C17H21NO2. The fourth-order valence-electron chi connectivity index (χ4n) is 3.30. The molecule has 2 aromatic rings. The van der Waals surface area contributed by atoms with Crippen molar-refractivity contribution in [3.8, 4) is 5.75 Å². The van der Waals surface area contributed by atoms with Crippen LogP contribution in [0.1, 0.15) is 26.7 Å². The third-order valence-corrected chi connectivity index (χ3v) is 4.22. The van der Waals surface area contributed by atoms with Crippen molar-refractivity contribution in [2.24, 2.45) is 11.8 Å². The van der Waals surface area contributed by atoms with Gasteiger partial charge < -0.3 is 9.84 Å². The molecule has 3 rings (SSSR count). The summed E-state index contributed by atoms with van der Waals surface area (Å²) in [6.45, 7) is 4.34. The van der Waals surface area contributed by atoms with Crippen molar-refractivity contribution in [3.63, 3.8) is 0 Å². The molecular weight excluding hydrogens is 250 g/mol. The Bertz CT molecular complexity index is 581. The SMILES string of the molecule is CC1CC(C)C(Oc2cccc3cccnc23)C(O)C1. The van der Waals surface area contributed by atoms with Gasteiger partial charge in [-0.05, 0) is 36.8 Å². The van der Waals surface area contributed by atoms with E-state index in [-0.39, 0.29) is 6.10 Å². The Labute approximate surface area is 119 Å². The summed E-state index contributed by atoms with van der Waals surface area (Å²) in [4.78, 5) is 4.41. The Morgan fingerprint density at radius 3 is 2.75 bits per heavy atom. The second-order valence-corrected chi connectivity index (χ2v) is 6.03. The number of para-hydroxylation sites is 1. The van der Waals surface area contributed by atoms with Crippen LogP contribution < -0.4 is 4.74 Å². The third kappa shape index (κ3) is 2.50. The second kappa shape index (κ2) is 5.41. The van der Waals surface area contributed by atoms with Gasteiger partial charge in [-0.1, -0.05) is 32.0 Å². The van der Waals surface area contributed by atoms with Gasteiger partial charge in [-0.3, -0.25) is 4.98 Å². The highest BCUT2D eigenvalue weighted by Crippen LogP contribution is 2.33. The van der Waals surface area contributed by atoms with Gasteiger partial charge in [-0.25, -0.2) is 0 Å². The van der Waals surface area contributed by atoms with E-state index in [0.717, 1.165) is 29.5 Å². The van der Waals surface area contributed by atoms with Crippen molar-refractivity contribution in [1.29, 1.82) is 0 Å². The number of nitrogens with zero attached hydrogens (tertiary/aromatic N) is 1. The van der Waals surface area contributed by atoms with E-state index in [0.29, 0.717) is 11.8 Å². The molecule has 106 valence electrons. The zero-order chi connectivity index (χ0) is 14.1. The van der Waals surface area contributed by atoms with Gasteiger partial charge in [0.05, 0.1) is 6.10 Å². The third-order valence-electron chi connectivity index (χ3n) is 4.22. The fraction of sp³-hybridized carbons (Fsp3) is 0.471. The van der Waals surface area contributed by atoms with Gasteiger partial charge in [-0.2, -0.15) is 0 Å². The van der Waals surface area contributed by atoms with Gasteiger partial charge in [0.1, 0.15) is 17.4 Å². The van der Waals surface area contributed by atoms with Crippen LogP contribution in [0, 0.1) is 11.8 Å². The van der Waals surface area contributed by atoms with Crippen molar-refractivity contribution < 1.29 is 9.84 Å². The minimum absolute atomic E-state index is 0.140. The highest BCUT2D eigenvalue weighted by molar-refractivity contribution is 5.84. The van der Waals surface area contributed by atoms with Crippen LogP contribution in [-0.2, 0) is 0 Å². The van der Waals surface area contributed by atoms with Crippen LogP contribution in [-0.4, -0.2) is 22.3 Å². The van der Waals surface area contributed by atoms with Crippen LogP contribution in [0.5, 0.6) is 5.75 Å². The number of aliphatic hydroxyl groups is 1. The lowest BCUT2D eigenvalue weighted by Gasteiger charge is -2.36. The topological polar surface area (TPSA) is 42.4 Å². The van der Waals surface area contributed by atoms with Crippen LogP contribution in [0.2, 0.25) is 0 Å². The molecule has 4 atom stereocenters. The van der Waals surface area contributed by atoms with E-state index in [1.54, 1.807) is 6.20 Å². The molecule has 0 bridgehead atoms. The highest BCUT2D eigenvalue weighted by Gasteiger charge is 2.34. The van der Waals surface area contributed by atoms with Gasteiger partial charge in [0.15, 0.2) is 0 Å². The first kappa shape index (κ1) is 13.4. The average Bonchev–Trinajstić information content (AvgIpc) is 2.43. The van der Waals surface area contributed by atoms with Crippen LogP contribution in [0.3, 0.4) is 0 Å². The molecule has 0 radical (unpaired) electrons. The van der Waals surface area contributed by atoms with E-state index < -0.39 is 6.10 Å². The number of pyridine rings is 1. The van der Waals surface area contributed by atoms with E-state index >= 15 is 0 Å². The number of aromatic nitrogens is 1. The molecule has 1 aromatic heterocycles. The molecule has 1 aromatic carbocycles. The van der Waals surface area contributed by atoms with Crippen molar-refractivity contribution in [3.05, 3.63) is 36.5 Å². The molecule has 1 N–H and O–H groups in total. The molecule has 1 fully saturated rings. The van der Waals surface area contributed by atoms with E-state index in [1.807, 2.05) is 30.3 Å². The lowest BCUT2D eigenvalue weighted by atomic mass is 9.79. The number of aliphatic hydroxyl groups excluding tert-OH is 1. The van der Waals surface area contributed by atoms with Crippen molar-refractivity contribution in [2.45, 2.75) is 38.9 Å². The minimum atomic E-state index is -0.396. The number of hydrogen-bond donors (Lipinski definition) is 1. The maximum Gasteiger partial charge on any atom is 0.146 e. The van der Waals surface area contributed by atoms with Gasteiger partial charge >= 0.3 is 0 Å². The van der Waals surface area contributed by atoms with Crippen molar-refractivity contribution >= 4 is 10.9 Å². The number of rotatable bonds is 2. The molecule has 0 spiro atoms. The number of fused-ring (bicyclic) bond motifs is 1. The summed E-state index contributed by atoms with van der Waals surface area (Å²) in [6.07, 6.45) is 3.15. The number of benzene rings is 1. The summed E-state index contributed by atoms with van der Waals surface area (Å²) in [6, 6.07) is 9.89. The molecule has 1 saturated carbocycles. The van der Waals surface area contributed by atoms with Crippen LogP contribution in [0.15, 0.2) is 36.5 Å². The van der Waals surface area contributed by atoms with E-state index in [9.17, 15) is 5.11 Å². The Morgan fingerprint density at radius 1 is 1.15 bits per heavy atom. The average molecular weight is 271 g/mol. The smallest absolute Gasteiger partial charge is 0.146 e. The first-order valence-electron chi connectivity index (χ1n) is 7.33. The predicted octanol–water partition coefficient (Wildman–Crippen LogP) is 3.41. The summed E-state index contributed by atoms with van der Waals surface area (Å²) in [5.74, 6) is 1.69. The molecule has 1 aliphatic carbocycles. The molecule has 0 aliphatic heterocycles. The fourth-order valence-corrected chi connectivity index (χ4v) is 3.30. The van der Waals surface area contributed by atoms with E-state index in [2.05, 4.69) is 18.8 Å². The van der Waals surface area contributed by atoms with Crippen molar-refractivity contribution in [2.75, 3.05) is 0 Å². The molecule has 3 heteroatoms. The van der Waals surface area contributed by atoms with E-state index in [1.165, 1.54) is 0 Å². The van der Waals surface area contributed by atoms with Gasteiger partial charge in [0, 0.05) is 11.6 Å². The highest BCUT2D eigenvalue weighted by atomic mass is 16.5. The van der Waals surface area contributed by atoms with Crippen molar-refractivity contribution in [1.82, 2.24) is 4.98 Å². The Kier molecular flexibility index (Phi) is 3.62. The predicted molar refractivity (Wildman–Crippen MR) is 79.7 cm³/mol. The van der Waals surface area contributed by atoms with E-state index in [4.69, 9.17) is 4.74 Å². The first-order valence-corrected chi connectivity index (χ1v) is 7.33. The van der Waals surface area contributed by atoms with Gasteiger partial charge in [0.25, 0.3) is 0 Å². The lowest BCUT2D eigenvalue weighted by Crippen LogP contribution is -2.43. The largest absolute Gasteiger partial charge is 0.485 e. The summed E-state index contributed by atoms with van der Waals surface area (Å²) < 4.78 is 6.13. The lowest BCUT2D eigenvalue weighted by molar-refractivity contribution is -0.0382. The zero-order valence-electron chi connectivity index (χ0n) is 12.0. The number of ether oxygens (including phenoxy) is 1. The minimum Gasteiger partial charge on any atom is -0.485 e. The molecule has 1 heterocycles. The monoisotopic (exact) mass is 271 g/mol. The second-order valence-electron chi connectivity index (χ2n) is 6.03. The quantitative estimate of drug-likeness (QED) is 0.910. The molecule has 1 aliphatic rings. The van der Waals surface area contributed by atoms with Gasteiger partial charge in [-0.15, -0.1) is 0 Å². The normalized spacial score (nSPS) is 30.4. The zero-order valence-corrected chi connectivity index (χ0v) is 12.0. The molecule has 0 saturated heterocycles. The Morgan fingerprint density at radius 2 is 1.95 bits per heavy atom. The van der Waals surface area contributed by atoms with Crippen LogP contribution in [0.25, 0.3) is 10.9 Å². The molecule has 0 amide bonds. The molecule has 3 nitrogen and oxygen atoms in total. The maximum absolute atomic E-state index is 10.3. The number of hydrogen-bond acceptors (Lipinski definition) is 3. The van der Waals surface area contributed by atoms with Gasteiger partial charge in [0.2, 0.25) is 0 Å². The molecule has 4 unspecified atom stereocenters. The first-order chi connectivity index (χ1) is 9.65. The standard InChI is InChI=1S/C17H21NO2/c1-11-9-12(2)17(14(19)10-11)20-15-7-3-5-13-6-4-8-18-16(13)15/h3-8,11-12,14,17,19H,9-10H2,1-2H3. The summed E-state index contributed by atoms with van der Waals surface area (Å²) in [5, 5.41) is 11.4. The summed E-state index contributed by atoms with van der Waals surface area (Å²) in [7, 11) is 0. The summed E-state index contributed by atoms with van der Waals surface area (Å²) in [5.41, 5.74) is 0.869. The maximum atomic E-state index is 10.3. The summed E-state index contributed by atoms with van der Waals surface area (Å²) >= 11 is 0. The Hall–Kier alpha value is -1.61. The van der Waals surface area contributed by atoms with Crippen LogP contribution in [0.4, 0.5) is 0 Å².